The number of hydrogen-bond acceptors (Lipinski definition) is 1. The van der Waals surface area contributed by atoms with E-state index in [1.807, 2.05) is 0 Å². The quantitative estimate of drug-likeness (QED) is 0.794. The summed E-state index contributed by atoms with van der Waals surface area (Å²) in [5, 5.41) is 0. The van der Waals surface area contributed by atoms with Gasteiger partial charge in [0.25, 0.3) is 0 Å². The van der Waals surface area contributed by atoms with Crippen LogP contribution >= 0.6 is 0 Å². The van der Waals surface area contributed by atoms with Crippen LogP contribution in [0.5, 0.6) is 0 Å². The fourth-order valence-corrected chi connectivity index (χ4v) is 2.04. The van der Waals surface area contributed by atoms with E-state index in [2.05, 4.69) is 0 Å². The summed E-state index contributed by atoms with van der Waals surface area (Å²) in [7, 11) is 0. The number of benzene rings is 1. The van der Waals surface area contributed by atoms with Crippen LogP contribution < -0.4 is 5.73 Å². The van der Waals surface area contributed by atoms with Crippen LogP contribution in [0.25, 0.3) is 0 Å². The fraction of sp³-hybridized carbons (Fsp3) is 0.500. The first-order chi connectivity index (χ1) is 7.83. The Labute approximate surface area is 96.6 Å². The highest BCUT2D eigenvalue weighted by Gasteiger charge is 2.42. The van der Waals surface area contributed by atoms with Crippen molar-refractivity contribution in [2.24, 2.45) is 5.73 Å². The molecule has 0 heterocycles. The van der Waals surface area contributed by atoms with Crippen molar-refractivity contribution in [3.63, 3.8) is 0 Å². The molecule has 1 aromatic carbocycles. The van der Waals surface area contributed by atoms with Gasteiger partial charge in [0.05, 0.1) is 11.1 Å². The first-order valence-electron chi connectivity index (χ1n) is 5.43. The predicted octanol–water partition coefficient (Wildman–Crippen LogP) is 3.60. The van der Waals surface area contributed by atoms with Gasteiger partial charge in [0.15, 0.2) is 0 Å². The van der Waals surface area contributed by atoms with Crippen molar-refractivity contribution >= 4 is 0 Å². The Morgan fingerprint density at radius 3 is 2.35 bits per heavy atom. The van der Waals surface area contributed by atoms with Gasteiger partial charge >= 0.3 is 6.18 Å². The van der Waals surface area contributed by atoms with Crippen LogP contribution in [0.2, 0.25) is 0 Å². The summed E-state index contributed by atoms with van der Waals surface area (Å²) in [5.74, 6) is 0. The van der Waals surface area contributed by atoms with Crippen LogP contribution in [0, 0.1) is 0 Å². The number of rotatable bonds is 2. The molecule has 0 spiro atoms. The normalized spacial score (nSPS) is 20.8. The Hall–Kier alpha value is -1.10. The fourth-order valence-electron chi connectivity index (χ4n) is 2.04. The standard InChI is InChI=1S/C12H13F4N/c13-10(11(17)5-2-6-11)8-3-1-4-9(7-8)12(14,15)16/h1,3-4,7,10H,2,5-6,17H2. The lowest BCUT2D eigenvalue weighted by Gasteiger charge is -2.41. The summed E-state index contributed by atoms with van der Waals surface area (Å²) in [6.07, 6.45) is -4.11. The Bertz CT molecular complexity index is 409. The van der Waals surface area contributed by atoms with Crippen LogP contribution in [-0.4, -0.2) is 5.54 Å². The van der Waals surface area contributed by atoms with Crippen molar-refractivity contribution in [1.82, 2.24) is 0 Å². The van der Waals surface area contributed by atoms with Gasteiger partial charge in [-0.05, 0) is 37.0 Å². The molecule has 1 aromatic rings. The molecule has 1 aliphatic carbocycles. The highest BCUT2D eigenvalue weighted by Crippen LogP contribution is 2.43. The SMILES string of the molecule is NC1(C(F)c2cccc(C(F)(F)F)c2)CCC1. The number of halogens is 4. The first kappa shape index (κ1) is 12.4. The van der Waals surface area contributed by atoms with Gasteiger partial charge in [-0.1, -0.05) is 12.1 Å². The van der Waals surface area contributed by atoms with Crippen molar-refractivity contribution in [2.45, 2.75) is 37.1 Å². The van der Waals surface area contributed by atoms with E-state index in [1.165, 1.54) is 12.1 Å². The molecule has 0 aromatic heterocycles. The maximum Gasteiger partial charge on any atom is 0.416 e. The van der Waals surface area contributed by atoms with Gasteiger partial charge in [-0.3, -0.25) is 0 Å². The summed E-state index contributed by atoms with van der Waals surface area (Å²) in [6, 6.07) is 4.34. The summed E-state index contributed by atoms with van der Waals surface area (Å²) in [4.78, 5) is 0. The van der Waals surface area contributed by atoms with E-state index in [4.69, 9.17) is 5.73 Å². The van der Waals surface area contributed by atoms with Gasteiger partial charge in [-0.25, -0.2) is 4.39 Å². The van der Waals surface area contributed by atoms with E-state index in [1.54, 1.807) is 0 Å². The third kappa shape index (κ3) is 2.29. The van der Waals surface area contributed by atoms with E-state index in [-0.39, 0.29) is 5.56 Å². The zero-order valence-corrected chi connectivity index (χ0v) is 9.10. The van der Waals surface area contributed by atoms with Gasteiger partial charge in [-0.2, -0.15) is 13.2 Å². The Kier molecular flexibility index (Phi) is 2.89. The Balaban J connectivity index is 2.27. The molecule has 17 heavy (non-hydrogen) atoms. The minimum absolute atomic E-state index is 0.0158. The smallest absolute Gasteiger partial charge is 0.322 e. The summed E-state index contributed by atoms with van der Waals surface area (Å²) in [6.45, 7) is 0. The zero-order chi connectivity index (χ0) is 12.7. The monoisotopic (exact) mass is 247 g/mol. The molecule has 0 bridgehead atoms. The lowest BCUT2D eigenvalue weighted by molar-refractivity contribution is -0.137. The van der Waals surface area contributed by atoms with Crippen molar-refractivity contribution in [1.29, 1.82) is 0 Å². The highest BCUT2D eigenvalue weighted by molar-refractivity contribution is 5.29. The van der Waals surface area contributed by atoms with Crippen molar-refractivity contribution in [2.75, 3.05) is 0 Å². The number of alkyl halides is 4. The van der Waals surface area contributed by atoms with Gasteiger partial charge in [0, 0.05) is 0 Å². The summed E-state index contributed by atoms with van der Waals surface area (Å²) >= 11 is 0. The van der Waals surface area contributed by atoms with E-state index in [0.29, 0.717) is 12.8 Å². The average Bonchev–Trinajstić information content (AvgIpc) is 2.24. The van der Waals surface area contributed by atoms with Gasteiger partial charge in [0.2, 0.25) is 0 Å². The van der Waals surface area contributed by atoms with Gasteiger partial charge < -0.3 is 5.73 Å². The molecule has 1 aliphatic rings. The molecule has 1 unspecified atom stereocenters. The van der Waals surface area contributed by atoms with Crippen LogP contribution in [0.15, 0.2) is 24.3 Å². The first-order valence-corrected chi connectivity index (χ1v) is 5.43. The topological polar surface area (TPSA) is 26.0 Å². The molecule has 2 N–H and O–H groups in total. The highest BCUT2D eigenvalue weighted by atomic mass is 19.4. The van der Waals surface area contributed by atoms with Crippen LogP contribution in [0.3, 0.4) is 0 Å². The van der Waals surface area contributed by atoms with Crippen LogP contribution in [-0.2, 0) is 6.18 Å². The average molecular weight is 247 g/mol. The third-order valence-electron chi connectivity index (χ3n) is 3.30. The number of nitrogens with two attached hydrogens (primary N) is 1. The molecule has 0 saturated heterocycles. The summed E-state index contributed by atoms with van der Waals surface area (Å²) in [5.41, 5.74) is 3.98. The molecule has 0 aliphatic heterocycles. The van der Waals surface area contributed by atoms with Crippen LogP contribution in [0.4, 0.5) is 17.6 Å². The number of hydrogen-bond donors (Lipinski definition) is 1. The minimum Gasteiger partial charge on any atom is -0.322 e. The van der Waals surface area contributed by atoms with E-state index in [0.717, 1.165) is 18.6 Å². The lowest BCUT2D eigenvalue weighted by Crippen LogP contribution is -2.50. The zero-order valence-electron chi connectivity index (χ0n) is 9.10. The summed E-state index contributed by atoms with van der Waals surface area (Å²) < 4.78 is 51.5. The van der Waals surface area contributed by atoms with Crippen molar-refractivity contribution in [3.05, 3.63) is 35.4 Å². The van der Waals surface area contributed by atoms with Gasteiger partial charge in [0.1, 0.15) is 6.17 Å². The molecule has 1 nitrogen and oxygen atoms in total. The predicted molar refractivity (Wildman–Crippen MR) is 56.1 cm³/mol. The molecule has 94 valence electrons. The molecule has 1 fully saturated rings. The van der Waals surface area contributed by atoms with Crippen LogP contribution in [0.1, 0.15) is 36.6 Å². The van der Waals surface area contributed by atoms with E-state index < -0.39 is 23.5 Å². The lowest BCUT2D eigenvalue weighted by atomic mass is 9.72. The second-order valence-electron chi connectivity index (χ2n) is 4.57. The second-order valence-corrected chi connectivity index (χ2v) is 4.57. The molecular formula is C12H13F4N. The Morgan fingerprint density at radius 2 is 1.88 bits per heavy atom. The maximum atomic E-state index is 14.0. The third-order valence-corrected chi connectivity index (χ3v) is 3.30. The molecule has 0 radical (unpaired) electrons. The van der Waals surface area contributed by atoms with E-state index >= 15 is 0 Å². The van der Waals surface area contributed by atoms with Crippen molar-refractivity contribution in [3.8, 4) is 0 Å². The molecule has 2 rings (SSSR count). The molecule has 5 heteroatoms. The van der Waals surface area contributed by atoms with Crippen molar-refractivity contribution < 1.29 is 17.6 Å². The minimum atomic E-state index is -4.45. The molecule has 1 atom stereocenters. The molecule has 0 amide bonds. The Morgan fingerprint density at radius 1 is 1.24 bits per heavy atom. The van der Waals surface area contributed by atoms with Gasteiger partial charge in [-0.15, -0.1) is 0 Å². The maximum absolute atomic E-state index is 14.0. The largest absolute Gasteiger partial charge is 0.416 e. The van der Waals surface area contributed by atoms with E-state index in [9.17, 15) is 17.6 Å². The molecule has 1 saturated carbocycles. The molecular weight excluding hydrogens is 234 g/mol. The second kappa shape index (κ2) is 3.98.